The van der Waals surface area contributed by atoms with Gasteiger partial charge in [0.2, 0.25) is 0 Å². The predicted molar refractivity (Wildman–Crippen MR) is 89.9 cm³/mol. The number of morpholine rings is 1. The third-order valence-corrected chi connectivity index (χ3v) is 4.28. The van der Waals surface area contributed by atoms with E-state index < -0.39 is 28.8 Å². The summed E-state index contributed by atoms with van der Waals surface area (Å²) in [4.78, 5) is 36.3. The number of carboxylic acid groups (broad SMARTS) is 1. The highest BCUT2D eigenvalue weighted by atomic mass is 16.6. The molecule has 0 aliphatic carbocycles. The molecule has 9 heteroatoms. The Balaban J connectivity index is 2.35. The Morgan fingerprint density at radius 2 is 1.96 bits per heavy atom. The van der Waals surface area contributed by atoms with Gasteiger partial charge in [0.25, 0.3) is 11.6 Å². The predicted octanol–water partition coefficient (Wildman–Crippen LogP) is 1.27. The molecule has 0 saturated carbocycles. The summed E-state index contributed by atoms with van der Waals surface area (Å²) >= 11 is 0. The first kappa shape index (κ1) is 18.7. The summed E-state index contributed by atoms with van der Waals surface area (Å²) in [7, 11) is 0. The van der Waals surface area contributed by atoms with Crippen LogP contribution >= 0.6 is 0 Å². The second-order valence-corrected chi connectivity index (χ2v) is 5.92. The Hall–Kier alpha value is -2.68. The molecule has 2 N–H and O–H groups in total. The van der Waals surface area contributed by atoms with Crippen molar-refractivity contribution in [3.05, 3.63) is 33.9 Å². The van der Waals surface area contributed by atoms with Crippen LogP contribution in [0.15, 0.2) is 18.2 Å². The topological polar surface area (TPSA) is 122 Å². The maximum atomic E-state index is 12.6. The number of amides is 1. The first-order chi connectivity index (χ1) is 11.8. The molecule has 1 aromatic rings. The SMILES string of the molecule is CC(NC(=O)c1cccc([N+](=O)[O-])c1N1CCOCC1)C(C)C(=O)O. The van der Waals surface area contributed by atoms with Crippen LogP contribution < -0.4 is 10.2 Å². The number of hydrogen-bond donors (Lipinski definition) is 2. The number of aliphatic carboxylic acids is 1. The molecule has 1 heterocycles. The third kappa shape index (κ3) is 4.24. The lowest BCUT2D eigenvalue weighted by Gasteiger charge is -2.30. The van der Waals surface area contributed by atoms with Crippen molar-refractivity contribution in [1.29, 1.82) is 0 Å². The van der Waals surface area contributed by atoms with Crippen molar-refractivity contribution in [1.82, 2.24) is 5.32 Å². The van der Waals surface area contributed by atoms with E-state index in [0.29, 0.717) is 26.3 Å². The summed E-state index contributed by atoms with van der Waals surface area (Å²) in [5.41, 5.74) is 0.234. The van der Waals surface area contributed by atoms with Crippen molar-refractivity contribution in [2.75, 3.05) is 31.2 Å². The highest BCUT2D eigenvalue weighted by molar-refractivity contribution is 6.02. The van der Waals surface area contributed by atoms with Gasteiger partial charge < -0.3 is 20.1 Å². The number of nitrogens with zero attached hydrogens (tertiary/aromatic N) is 2. The minimum Gasteiger partial charge on any atom is -0.481 e. The summed E-state index contributed by atoms with van der Waals surface area (Å²) in [6.07, 6.45) is 0. The fourth-order valence-corrected chi connectivity index (χ4v) is 2.60. The van der Waals surface area contributed by atoms with Gasteiger partial charge in [-0.05, 0) is 19.9 Å². The molecule has 2 unspecified atom stereocenters. The van der Waals surface area contributed by atoms with Crippen molar-refractivity contribution < 1.29 is 24.4 Å². The fraction of sp³-hybridized carbons (Fsp3) is 0.500. The summed E-state index contributed by atoms with van der Waals surface area (Å²) in [5, 5.41) is 23.1. The van der Waals surface area contributed by atoms with E-state index in [9.17, 15) is 19.7 Å². The van der Waals surface area contributed by atoms with E-state index in [0.717, 1.165) is 0 Å². The van der Waals surface area contributed by atoms with Crippen LogP contribution in [0.4, 0.5) is 11.4 Å². The van der Waals surface area contributed by atoms with Gasteiger partial charge in [0.1, 0.15) is 5.69 Å². The molecule has 0 bridgehead atoms. The number of carboxylic acids is 1. The number of hydrogen-bond acceptors (Lipinski definition) is 6. The second-order valence-electron chi connectivity index (χ2n) is 5.92. The largest absolute Gasteiger partial charge is 0.481 e. The normalized spacial score (nSPS) is 16.8. The summed E-state index contributed by atoms with van der Waals surface area (Å²) < 4.78 is 5.27. The molecule has 2 rings (SSSR count). The summed E-state index contributed by atoms with van der Waals surface area (Å²) in [5.74, 6) is -2.35. The molecule has 1 saturated heterocycles. The number of nitro groups is 1. The zero-order chi connectivity index (χ0) is 18.6. The molecule has 0 spiro atoms. The van der Waals surface area contributed by atoms with Crippen LogP contribution in [0.3, 0.4) is 0 Å². The van der Waals surface area contributed by atoms with E-state index in [-0.39, 0.29) is 16.9 Å². The van der Waals surface area contributed by atoms with Crippen molar-refractivity contribution >= 4 is 23.3 Å². The molecule has 2 atom stereocenters. The Bertz CT molecular complexity index is 672. The van der Waals surface area contributed by atoms with E-state index in [4.69, 9.17) is 9.84 Å². The number of para-hydroxylation sites is 1. The Labute approximate surface area is 144 Å². The van der Waals surface area contributed by atoms with E-state index in [2.05, 4.69) is 5.32 Å². The zero-order valence-electron chi connectivity index (χ0n) is 14.1. The highest BCUT2D eigenvalue weighted by Gasteiger charge is 2.29. The second kappa shape index (κ2) is 7.93. The zero-order valence-corrected chi connectivity index (χ0v) is 14.1. The lowest BCUT2D eigenvalue weighted by molar-refractivity contribution is -0.384. The molecule has 1 fully saturated rings. The minimum atomic E-state index is -1.03. The van der Waals surface area contributed by atoms with Gasteiger partial charge in [-0.2, -0.15) is 0 Å². The average Bonchev–Trinajstić information content (AvgIpc) is 2.60. The number of carbonyl (C=O) groups is 2. The standard InChI is InChI=1S/C16H21N3O6/c1-10(16(21)22)11(2)17-15(20)12-4-3-5-13(19(23)24)14(12)18-6-8-25-9-7-18/h3-5,10-11H,6-9H2,1-2H3,(H,17,20)(H,21,22). The molecule has 0 aromatic heterocycles. The van der Waals surface area contributed by atoms with Gasteiger partial charge in [-0.3, -0.25) is 19.7 Å². The molecule has 9 nitrogen and oxygen atoms in total. The summed E-state index contributed by atoms with van der Waals surface area (Å²) in [6.45, 7) is 4.78. The number of nitro benzene ring substituents is 1. The number of nitrogens with one attached hydrogen (secondary N) is 1. The number of benzene rings is 1. The molecule has 1 aliphatic rings. The molecule has 0 radical (unpaired) electrons. The van der Waals surface area contributed by atoms with Crippen LogP contribution in [0.25, 0.3) is 0 Å². The number of rotatable bonds is 6. The van der Waals surface area contributed by atoms with Crippen LogP contribution in [0.5, 0.6) is 0 Å². The molecule has 1 aliphatic heterocycles. The third-order valence-electron chi connectivity index (χ3n) is 4.28. The van der Waals surface area contributed by atoms with Crippen molar-refractivity contribution in [2.45, 2.75) is 19.9 Å². The van der Waals surface area contributed by atoms with Crippen LogP contribution in [-0.2, 0) is 9.53 Å². The fourth-order valence-electron chi connectivity index (χ4n) is 2.60. The Morgan fingerprint density at radius 1 is 1.32 bits per heavy atom. The number of carbonyl (C=O) groups excluding carboxylic acids is 1. The molecule has 1 aromatic carbocycles. The van der Waals surface area contributed by atoms with Gasteiger partial charge in [-0.15, -0.1) is 0 Å². The molecule has 136 valence electrons. The van der Waals surface area contributed by atoms with Gasteiger partial charge in [0, 0.05) is 25.2 Å². The number of ether oxygens (including phenoxy) is 1. The maximum absolute atomic E-state index is 12.6. The lowest BCUT2D eigenvalue weighted by atomic mass is 10.0. The van der Waals surface area contributed by atoms with Crippen molar-refractivity contribution in [3.63, 3.8) is 0 Å². The van der Waals surface area contributed by atoms with Crippen LogP contribution in [0.1, 0.15) is 24.2 Å². The van der Waals surface area contributed by atoms with Gasteiger partial charge in [-0.1, -0.05) is 6.07 Å². The molecule has 1 amide bonds. The molecule has 25 heavy (non-hydrogen) atoms. The average molecular weight is 351 g/mol. The Morgan fingerprint density at radius 3 is 2.52 bits per heavy atom. The number of anilines is 1. The van der Waals surface area contributed by atoms with Gasteiger partial charge in [-0.25, -0.2) is 0 Å². The highest BCUT2D eigenvalue weighted by Crippen LogP contribution is 2.32. The van der Waals surface area contributed by atoms with Crippen molar-refractivity contribution in [3.8, 4) is 0 Å². The lowest BCUT2D eigenvalue weighted by Crippen LogP contribution is -2.42. The van der Waals surface area contributed by atoms with Gasteiger partial charge >= 0.3 is 5.97 Å². The van der Waals surface area contributed by atoms with E-state index in [1.807, 2.05) is 0 Å². The van der Waals surface area contributed by atoms with E-state index >= 15 is 0 Å². The monoisotopic (exact) mass is 351 g/mol. The first-order valence-electron chi connectivity index (χ1n) is 7.96. The van der Waals surface area contributed by atoms with Crippen molar-refractivity contribution in [2.24, 2.45) is 5.92 Å². The Kier molecular flexibility index (Phi) is 5.92. The van der Waals surface area contributed by atoms with Gasteiger partial charge in [0.05, 0.1) is 29.6 Å². The first-order valence-corrected chi connectivity index (χ1v) is 7.96. The van der Waals surface area contributed by atoms with E-state index in [1.165, 1.54) is 25.1 Å². The minimum absolute atomic E-state index is 0.153. The molecular formula is C16H21N3O6. The smallest absolute Gasteiger partial charge is 0.308 e. The quantitative estimate of drug-likeness (QED) is 0.584. The van der Waals surface area contributed by atoms with Crippen LogP contribution in [0, 0.1) is 16.0 Å². The van der Waals surface area contributed by atoms with Crippen LogP contribution in [-0.4, -0.2) is 54.3 Å². The molecular weight excluding hydrogens is 330 g/mol. The van der Waals surface area contributed by atoms with E-state index in [1.54, 1.807) is 11.8 Å². The summed E-state index contributed by atoms with van der Waals surface area (Å²) in [6, 6.07) is 3.68. The maximum Gasteiger partial charge on any atom is 0.308 e. The van der Waals surface area contributed by atoms with Crippen LogP contribution in [0.2, 0.25) is 0 Å². The van der Waals surface area contributed by atoms with Gasteiger partial charge in [0.15, 0.2) is 0 Å².